The molecule has 0 aromatic heterocycles. The molecule has 0 spiro atoms. The highest BCUT2D eigenvalue weighted by Crippen LogP contribution is 2.07. The molecule has 0 rings (SSSR count). The fraction of sp³-hybridized carbons (Fsp3) is 0.917. The van der Waals surface area contributed by atoms with Crippen molar-refractivity contribution < 1.29 is 4.79 Å². The minimum atomic E-state index is -0.114. The van der Waals surface area contributed by atoms with Gasteiger partial charge in [0.25, 0.3) is 0 Å². The second-order valence-corrected chi connectivity index (χ2v) is 4.73. The Kier molecular flexibility index (Phi) is 6.57. The van der Waals surface area contributed by atoms with Crippen LogP contribution in [0.1, 0.15) is 48.0 Å². The van der Waals surface area contributed by atoms with E-state index in [0.717, 1.165) is 6.42 Å². The van der Waals surface area contributed by atoms with Gasteiger partial charge in [-0.2, -0.15) is 0 Å². The molecule has 90 valence electrons. The minimum absolute atomic E-state index is 0.0835. The van der Waals surface area contributed by atoms with Crippen LogP contribution in [0.15, 0.2) is 0 Å². The van der Waals surface area contributed by atoms with Crippen LogP contribution in [0.4, 0.5) is 0 Å². The number of nitrogens with one attached hydrogen (secondary N) is 2. The summed E-state index contributed by atoms with van der Waals surface area (Å²) in [7, 11) is 0. The van der Waals surface area contributed by atoms with Crippen molar-refractivity contribution in [2.24, 2.45) is 5.92 Å². The molecule has 15 heavy (non-hydrogen) atoms. The molecular weight excluding hydrogens is 188 g/mol. The van der Waals surface area contributed by atoms with Crippen molar-refractivity contribution in [1.82, 2.24) is 10.6 Å². The average Bonchev–Trinajstić information content (AvgIpc) is 2.15. The molecule has 0 heterocycles. The Balaban J connectivity index is 4.01. The van der Waals surface area contributed by atoms with E-state index in [-0.39, 0.29) is 18.0 Å². The Labute approximate surface area is 94.0 Å². The lowest BCUT2D eigenvalue weighted by Crippen LogP contribution is -2.49. The zero-order chi connectivity index (χ0) is 12.0. The van der Waals surface area contributed by atoms with Crippen molar-refractivity contribution >= 4 is 5.91 Å². The van der Waals surface area contributed by atoms with E-state index in [0.29, 0.717) is 12.0 Å². The van der Waals surface area contributed by atoms with Crippen molar-refractivity contribution in [1.29, 1.82) is 0 Å². The van der Waals surface area contributed by atoms with Crippen molar-refractivity contribution in [2.75, 3.05) is 0 Å². The fourth-order valence-electron chi connectivity index (χ4n) is 1.40. The summed E-state index contributed by atoms with van der Waals surface area (Å²) >= 11 is 0. The van der Waals surface area contributed by atoms with Gasteiger partial charge in [0.1, 0.15) is 0 Å². The molecule has 0 aliphatic carbocycles. The van der Waals surface area contributed by atoms with Crippen molar-refractivity contribution in [2.45, 2.75) is 66.1 Å². The van der Waals surface area contributed by atoms with Crippen LogP contribution < -0.4 is 10.6 Å². The first-order valence-corrected chi connectivity index (χ1v) is 5.94. The zero-order valence-electron chi connectivity index (χ0n) is 10.9. The van der Waals surface area contributed by atoms with Gasteiger partial charge in [-0.15, -0.1) is 0 Å². The van der Waals surface area contributed by atoms with Gasteiger partial charge >= 0.3 is 0 Å². The Bertz CT molecular complexity index is 192. The van der Waals surface area contributed by atoms with Gasteiger partial charge in [0.15, 0.2) is 0 Å². The molecule has 3 unspecified atom stereocenters. The minimum Gasteiger partial charge on any atom is -0.353 e. The predicted octanol–water partition coefficient (Wildman–Crippen LogP) is 1.92. The molecule has 0 bridgehead atoms. The van der Waals surface area contributed by atoms with Gasteiger partial charge in [-0.1, -0.05) is 20.3 Å². The van der Waals surface area contributed by atoms with E-state index in [4.69, 9.17) is 0 Å². The van der Waals surface area contributed by atoms with Gasteiger partial charge in [-0.3, -0.25) is 4.79 Å². The van der Waals surface area contributed by atoms with Gasteiger partial charge in [-0.25, -0.2) is 0 Å². The van der Waals surface area contributed by atoms with Crippen LogP contribution in [-0.2, 0) is 4.79 Å². The maximum atomic E-state index is 11.6. The molecule has 3 heteroatoms. The highest BCUT2D eigenvalue weighted by molar-refractivity contribution is 5.81. The Morgan fingerprint density at radius 1 is 1.13 bits per heavy atom. The smallest absolute Gasteiger partial charge is 0.237 e. The fourth-order valence-corrected chi connectivity index (χ4v) is 1.40. The molecule has 0 radical (unpaired) electrons. The average molecular weight is 214 g/mol. The van der Waals surface area contributed by atoms with Gasteiger partial charge in [0.05, 0.1) is 6.04 Å². The van der Waals surface area contributed by atoms with E-state index in [9.17, 15) is 4.79 Å². The molecule has 0 aromatic rings. The van der Waals surface area contributed by atoms with E-state index < -0.39 is 0 Å². The van der Waals surface area contributed by atoms with E-state index in [1.165, 1.54) is 0 Å². The summed E-state index contributed by atoms with van der Waals surface area (Å²) in [6, 6.07) is 0.472. The third-order valence-corrected chi connectivity index (χ3v) is 2.83. The van der Waals surface area contributed by atoms with Gasteiger partial charge < -0.3 is 10.6 Å². The predicted molar refractivity (Wildman–Crippen MR) is 64.8 cm³/mol. The van der Waals surface area contributed by atoms with Crippen LogP contribution in [0.25, 0.3) is 0 Å². The summed E-state index contributed by atoms with van der Waals surface area (Å²) in [5.74, 6) is 0.680. The lowest BCUT2D eigenvalue weighted by atomic mass is 10.00. The summed E-state index contributed by atoms with van der Waals surface area (Å²) in [6.07, 6.45) is 1.13. The van der Waals surface area contributed by atoms with Crippen molar-refractivity contribution in [3.63, 3.8) is 0 Å². The van der Waals surface area contributed by atoms with Crippen LogP contribution in [0.5, 0.6) is 0 Å². The van der Waals surface area contributed by atoms with E-state index in [2.05, 4.69) is 31.4 Å². The van der Waals surface area contributed by atoms with Crippen LogP contribution in [-0.4, -0.2) is 24.0 Å². The monoisotopic (exact) mass is 214 g/mol. The molecule has 0 saturated heterocycles. The first-order chi connectivity index (χ1) is 6.88. The maximum absolute atomic E-state index is 11.6. The molecule has 1 amide bonds. The molecule has 0 fully saturated rings. The topological polar surface area (TPSA) is 41.1 Å². The maximum Gasteiger partial charge on any atom is 0.237 e. The summed E-state index contributed by atoms with van der Waals surface area (Å²) in [6.45, 7) is 12.4. The van der Waals surface area contributed by atoms with Crippen LogP contribution in [0, 0.1) is 5.92 Å². The molecule has 3 atom stereocenters. The summed E-state index contributed by atoms with van der Waals surface area (Å²) in [5, 5.41) is 6.23. The van der Waals surface area contributed by atoms with E-state index in [1.54, 1.807) is 0 Å². The molecule has 2 N–H and O–H groups in total. The Morgan fingerprint density at radius 2 is 1.67 bits per heavy atom. The van der Waals surface area contributed by atoms with Gasteiger partial charge in [-0.05, 0) is 33.6 Å². The highest BCUT2D eigenvalue weighted by Gasteiger charge is 2.18. The zero-order valence-corrected chi connectivity index (χ0v) is 10.9. The van der Waals surface area contributed by atoms with Crippen LogP contribution >= 0.6 is 0 Å². The largest absolute Gasteiger partial charge is 0.353 e. The SMILES string of the molecule is CCC(C)C(C)NC(C)C(=O)NC(C)C. The second-order valence-electron chi connectivity index (χ2n) is 4.73. The molecule has 0 aromatic carbocycles. The number of amides is 1. The first kappa shape index (κ1) is 14.4. The van der Waals surface area contributed by atoms with Crippen LogP contribution in [0.2, 0.25) is 0 Å². The summed E-state index contributed by atoms with van der Waals surface area (Å²) < 4.78 is 0. The van der Waals surface area contributed by atoms with Gasteiger partial charge in [0, 0.05) is 12.1 Å². The number of carbonyl (C=O) groups excluding carboxylic acids is 1. The first-order valence-electron chi connectivity index (χ1n) is 5.94. The summed E-state index contributed by atoms with van der Waals surface area (Å²) in [4.78, 5) is 11.6. The molecule has 0 aliphatic rings. The molecule has 0 saturated carbocycles. The molecular formula is C12H26N2O. The number of rotatable bonds is 6. The standard InChI is InChI=1S/C12H26N2O/c1-7-9(4)10(5)14-11(6)12(15)13-8(2)3/h8-11,14H,7H2,1-6H3,(H,13,15). The second kappa shape index (κ2) is 6.83. The number of hydrogen-bond acceptors (Lipinski definition) is 2. The van der Waals surface area contributed by atoms with Crippen molar-refractivity contribution in [3.05, 3.63) is 0 Å². The number of carbonyl (C=O) groups is 1. The molecule has 3 nitrogen and oxygen atoms in total. The highest BCUT2D eigenvalue weighted by atomic mass is 16.2. The molecule has 0 aliphatic heterocycles. The summed E-state index contributed by atoms with van der Waals surface area (Å²) in [5.41, 5.74) is 0. The van der Waals surface area contributed by atoms with Crippen LogP contribution in [0.3, 0.4) is 0 Å². The third-order valence-electron chi connectivity index (χ3n) is 2.83. The van der Waals surface area contributed by atoms with E-state index >= 15 is 0 Å². The number of hydrogen-bond donors (Lipinski definition) is 2. The Hall–Kier alpha value is -0.570. The van der Waals surface area contributed by atoms with Crippen molar-refractivity contribution in [3.8, 4) is 0 Å². The van der Waals surface area contributed by atoms with Gasteiger partial charge in [0.2, 0.25) is 5.91 Å². The quantitative estimate of drug-likeness (QED) is 0.709. The lowest BCUT2D eigenvalue weighted by Gasteiger charge is -2.24. The lowest BCUT2D eigenvalue weighted by molar-refractivity contribution is -0.123. The third kappa shape index (κ3) is 5.78. The normalized spacial score (nSPS) is 17.3. The van der Waals surface area contributed by atoms with E-state index in [1.807, 2.05) is 20.8 Å². The Morgan fingerprint density at radius 3 is 2.07 bits per heavy atom.